The third-order valence-corrected chi connectivity index (χ3v) is 7.91. The van der Waals surface area contributed by atoms with Gasteiger partial charge >= 0.3 is 11.9 Å². The zero-order valence-electron chi connectivity index (χ0n) is 25.5. The molecule has 0 radical (unpaired) electrons. The second-order valence-electron chi connectivity index (χ2n) is 10.6. The Morgan fingerprint density at radius 3 is 2.67 bits per heavy atom. The number of carbonyl (C=O) groups is 2. The minimum Gasteiger partial charge on any atom is -0.496 e. The van der Waals surface area contributed by atoms with Crippen molar-refractivity contribution >= 4 is 29.6 Å². The Balaban J connectivity index is 1.56. The number of unbranched alkanes of at least 4 members (excludes halogenated alkanes) is 1. The zero-order chi connectivity index (χ0) is 31.9. The lowest BCUT2D eigenvalue weighted by Gasteiger charge is -2.16. The van der Waals surface area contributed by atoms with Crippen LogP contribution in [0.2, 0.25) is 5.02 Å². The molecule has 5 rings (SSSR count). The van der Waals surface area contributed by atoms with Crippen molar-refractivity contribution in [1.82, 2.24) is 9.78 Å². The highest BCUT2D eigenvalue weighted by Gasteiger charge is 2.22. The summed E-state index contributed by atoms with van der Waals surface area (Å²) in [5, 5.41) is 15.4. The van der Waals surface area contributed by atoms with Gasteiger partial charge in [0.1, 0.15) is 23.9 Å². The van der Waals surface area contributed by atoms with Crippen molar-refractivity contribution in [1.29, 1.82) is 0 Å². The number of aromatic nitrogens is 2. The van der Waals surface area contributed by atoms with Gasteiger partial charge in [-0.3, -0.25) is 4.68 Å². The molecule has 0 saturated heterocycles. The highest BCUT2D eigenvalue weighted by atomic mass is 35.5. The van der Waals surface area contributed by atoms with Gasteiger partial charge in [-0.2, -0.15) is 5.10 Å². The lowest BCUT2D eigenvalue weighted by Crippen LogP contribution is -2.09. The Labute approximate surface area is 266 Å². The van der Waals surface area contributed by atoms with E-state index in [0.29, 0.717) is 63.2 Å². The van der Waals surface area contributed by atoms with Crippen LogP contribution in [0, 0.1) is 0 Å². The van der Waals surface area contributed by atoms with Crippen LogP contribution in [0.25, 0.3) is 17.3 Å². The van der Waals surface area contributed by atoms with Gasteiger partial charge in [-0.05, 0) is 48.9 Å². The van der Waals surface area contributed by atoms with Crippen molar-refractivity contribution in [3.63, 3.8) is 0 Å². The van der Waals surface area contributed by atoms with E-state index < -0.39 is 11.9 Å². The molecule has 0 amide bonds. The molecule has 234 valence electrons. The summed E-state index contributed by atoms with van der Waals surface area (Å²) in [6.45, 7) is 3.37. The molecule has 0 aliphatic carbocycles. The predicted molar refractivity (Wildman–Crippen MR) is 171 cm³/mol. The summed E-state index contributed by atoms with van der Waals surface area (Å²) < 4.78 is 24.4. The number of hydrogen-bond donors (Lipinski definition) is 1. The highest BCUT2D eigenvalue weighted by Crippen LogP contribution is 2.38. The molecule has 10 heteroatoms. The number of carboxylic acid groups (broad SMARTS) is 1. The number of methoxy groups -OCH3 is 2. The first-order valence-corrected chi connectivity index (χ1v) is 15.1. The lowest BCUT2D eigenvalue weighted by molar-refractivity contribution is -0.132. The maximum atomic E-state index is 12.6. The van der Waals surface area contributed by atoms with Gasteiger partial charge in [-0.15, -0.1) is 0 Å². The van der Waals surface area contributed by atoms with Gasteiger partial charge in [0.15, 0.2) is 0 Å². The first-order valence-electron chi connectivity index (χ1n) is 14.7. The van der Waals surface area contributed by atoms with E-state index in [1.54, 1.807) is 49.7 Å². The molecule has 3 aromatic carbocycles. The minimum absolute atomic E-state index is 0.0768. The fourth-order valence-corrected chi connectivity index (χ4v) is 5.52. The zero-order valence-corrected chi connectivity index (χ0v) is 26.2. The van der Waals surface area contributed by atoms with Gasteiger partial charge in [0.05, 0.1) is 38.3 Å². The monoisotopic (exact) mass is 630 g/mol. The van der Waals surface area contributed by atoms with E-state index in [9.17, 15) is 14.7 Å². The smallest absolute Gasteiger partial charge is 0.338 e. The number of carboxylic acids is 1. The van der Waals surface area contributed by atoms with Gasteiger partial charge in [0.2, 0.25) is 0 Å². The van der Waals surface area contributed by atoms with Crippen molar-refractivity contribution in [3.05, 3.63) is 99.2 Å². The number of carbonyl (C=O) groups excluding carboxylic acids is 1. The van der Waals surface area contributed by atoms with Crippen LogP contribution < -0.4 is 14.2 Å². The molecule has 1 aliphatic rings. The van der Waals surface area contributed by atoms with Gasteiger partial charge < -0.3 is 24.1 Å². The van der Waals surface area contributed by atoms with Crippen molar-refractivity contribution in [2.45, 2.75) is 45.8 Å². The van der Waals surface area contributed by atoms with Crippen molar-refractivity contribution in [3.8, 4) is 28.5 Å². The first kappa shape index (κ1) is 31.7. The van der Waals surface area contributed by atoms with E-state index in [0.717, 1.165) is 30.6 Å². The Morgan fingerprint density at radius 2 is 1.91 bits per heavy atom. The number of rotatable bonds is 13. The Hall–Kier alpha value is -4.76. The topological polar surface area (TPSA) is 109 Å². The molecular weight excluding hydrogens is 596 g/mol. The minimum atomic E-state index is -1.06. The highest BCUT2D eigenvalue weighted by molar-refractivity contribution is 6.30. The fourth-order valence-electron chi connectivity index (χ4n) is 5.35. The van der Waals surface area contributed by atoms with Gasteiger partial charge in [0.25, 0.3) is 0 Å². The predicted octanol–water partition coefficient (Wildman–Crippen LogP) is 7.02. The summed E-state index contributed by atoms with van der Waals surface area (Å²) >= 11 is 6.42. The number of fused-ring (bicyclic) bond motifs is 1. The second kappa shape index (κ2) is 14.3. The quantitative estimate of drug-likeness (QED) is 0.124. The third-order valence-electron chi connectivity index (χ3n) is 7.67. The Morgan fingerprint density at radius 1 is 1.09 bits per heavy atom. The molecule has 2 heterocycles. The molecule has 45 heavy (non-hydrogen) atoms. The van der Waals surface area contributed by atoms with Crippen molar-refractivity contribution in [2.75, 3.05) is 20.8 Å². The van der Waals surface area contributed by atoms with Crippen LogP contribution >= 0.6 is 11.6 Å². The normalized spacial score (nSPS) is 12.4. The van der Waals surface area contributed by atoms with E-state index in [1.807, 2.05) is 28.9 Å². The van der Waals surface area contributed by atoms with E-state index in [4.69, 9.17) is 30.5 Å². The summed E-state index contributed by atoms with van der Waals surface area (Å²) in [5.74, 6) is 0.312. The first-order chi connectivity index (χ1) is 21.8. The van der Waals surface area contributed by atoms with Crippen molar-refractivity contribution < 1.29 is 33.6 Å². The second-order valence-corrected chi connectivity index (χ2v) is 11.1. The molecule has 0 unspecified atom stereocenters. The summed E-state index contributed by atoms with van der Waals surface area (Å²) in [4.78, 5) is 25.0. The number of halogens is 1. The molecule has 0 fully saturated rings. The summed E-state index contributed by atoms with van der Waals surface area (Å²) in [6.07, 6.45) is 6.02. The maximum absolute atomic E-state index is 12.6. The van der Waals surface area contributed by atoms with E-state index in [1.165, 1.54) is 7.11 Å². The number of aliphatic carboxylic acids is 1. The lowest BCUT2D eigenvalue weighted by atomic mass is 9.98. The van der Waals surface area contributed by atoms with Gasteiger partial charge in [0, 0.05) is 57.8 Å². The van der Waals surface area contributed by atoms with Crippen LogP contribution in [0.4, 0.5) is 0 Å². The molecule has 0 spiro atoms. The Kier molecular flexibility index (Phi) is 10.1. The number of ether oxygens (including phenoxy) is 4. The van der Waals surface area contributed by atoms with Gasteiger partial charge in [-0.25, -0.2) is 9.59 Å². The maximum Gasteiger partial charge on any atom is 0.338 e. The summed E-state index contributed by atoms with van der Waals surface area (Å²) in [6, 6.07) is 16.1. The van der Waals surface area contributed by atoms with E-state index >= 15 is 0 Å². The number of nitrogens with zero attached hydrogens (tertiary/aromatic N) is 2. The van der Waals surface area contributed by atoms with Crippen LogP contribution in [0.1, 0.15) is 52.4 Å². The van der Waals surface area contributed by atoms with Crippen LogP contribution in [-0.2, 0) is 35.5 Å². The largest absolute Gasteiger partial charge is 0.496 e. The number of aryl methyl sites for hydroxylation is 1. The van der Waals surface area contributed by atoms with E-state index in [-0.39, 0.29) is 18.6 Å². The number of hydrogen-bond acceptors (Lipinski definition) is 7. The number of esters is 1. The average Bonchev–Trinajstić information content (AvgIpc) is 3.68. The Bertz CT molecular complexity index is 1740. The van der Waals surface area contributed by atoms with Crippen LogP contribution in [0.15, 0.2) is 66.4 Å². The molecule has 1 aromatic heterocycles. The standard InChI is InChI=1S/C35H35ClN2O7/c1-4-5-13-38-33(29-11-10-27(36)19-32(29)45-21-23-8-6-7-9-28(23)35(41)43-3)26(20-37-38)16-25(34(39)40)15-24-18-31-22(12-14-44-31)17-30(24)42-2/h6-11,16-20H,4-5,12-15,21H2,1-3H3,(H,39,40)/b25-16+. The van der Waals surface area contributed by atoms with Crippen LogP contribution in [-0.4, -0.2) is 47.7 Å². The summed E-state index contributed by atoms with van der Waals surface area (Å²) in [7, 11) is 2.91. The van der Waals surface area contributed by atoms with Crippen LogP contribution in [0.5, 0.6) is 17.2 Å². The molecule has 0 saturated carbocycles. The molecule has 1 N–H and O–H groups in total. The molecule has 9 nitrogen and oxygen atoms in total. The third kappa shape index (κ3) is 7.15. The number of benzene rings is 3. The fraction of sp³-hybridized carbons (Fsp3) is 0.286. The molecule has 0 atom stereocenters. The molecule has 4 aromatic rings. The summed E-state index contributed by atoms with van der Waals surface area (Å²) in [5.41, 5.74) is 4.95. The average molecular weight is 631 g/mol. The van der Waals surface area contributed by atoms with Crippen LogP contribution in [0.3, 0.4) is 0 Å². The molecular formula is C35H35ClN2O7. The van der Waals surface area contributed by atoms with Crippen molar-refractivity contribution in [2.24, 2.45) is 0 Å². The molecule has 1 aliphatic heterocycles. The SMILES string of the molecule is CCCCn1ncc(/C=C(\Cc2cc3c(cc2OC)CCO3)C(=O)O)c1-c1ccc(Cl)cc1OCc1ccccc1C(=O)OC. The molecule has 0 bridgehead atoms. The van der Waals surface area contributed by atoms with Gasteiger partial charge in [-0.1, -0.05) is 43.1 Å². The van der Waals surface area contributed by atoms with E-state index in [2.05, 4.69) is 12.0 Å².